The average Bonchev–Trinajstić information content (AvgIpc) is 2.76. The smallest absolute Gasteiger partial charge is 0.251 e. The quantitative estimate of drug-likeness (QED) is 0.753. The number of para-hydroxylation sites is 1. The molecule has 2 heterocycles. The number of piperidine rings is 1. The van der Waals surface area contributed by atoms with Crippen LogP contribution in [0, 0.1) is 0 Å². The molecule has 2 aliphatic heterocycles. The van der Waals surface area contributed by atoms with E-state index in [0.717, 1.165) is 0 Å². The molecule has 1 aromatic carbocycles. The number of ketones is 1. The number of carbonyl (C=O) groups is 3. The van der Waals surface area contributed by atoms with E-state index in [9.17, 15) is 14.4 Å². The molecule has 0 aliphatic carbocycles. The molecule has 0 unspecified atom stereocenters. The lowest BCUT2D eigenvalue weighted by Gasteiger charge is -2.29. The zero-order valence-electron chi connectivity index (χ0n) is 11.1. The van der Waals surface area contributed by atoms with E-state index < -0.39 is 6.04 Å². The Hall–Kier alpha value is -2.01. The van der Waals surface area contributed by atoms with Crippen molar-refractivity contribution in [2.45, 2.75) is 25.3 Å². The summed E-state index contributed by atoms with van der Waals surface area (Å²) in [6.07, 6.45) is 1.16. The van der Waals surface area contributed by atoms with Gasteiger partial charge < -0.3 is 0 Å². The molecule has 20 heavy (non-hydrogen) atoms. The molecule has 2 amide bonds. The van der Waals surface area contributed by atoms with Crippen LogP contribution in [0.25, 0.3) is 0 Å². The molecule has 1 aromatic rings. The molecule has 0 spiro atoms. The van der Waals surface area contributed by atoms with E-state index >= 15 is 0 Å². The first-order valence-electron chi connectivity index (χ1n) is 6.84. The maximum Gasteiger partial charge on any atom is 0.251 e. The zero-order chi connectivity index (χ0) is 14.1. The van der Waals surface area contributed by atoms with Gasteiger partial charge >= 0.3 is 0 Å². The average molecular weight is 272 g/mol. The second-order valence-electron chi connectivity index (χ2n) is 5.20. The lowest BCUT2D eigenvalue weighted by atomic mass is 10.1. The molecule has 2 aliphatic rings. The van der Waals surface area contributed by atoms with E-state index in [4.69, 9.17) is 0 Å². The third-order valence-electron chi connectivity index (χ3n) is 3.93. The maximum atomic E-state index is 12.5. The highest BCUT2D eigenvalue weighted by atomic mass is 16.2. The lowest BCUT2D eigenvalue weighted by Crippen LogP contribution is -2.46. The van der Waals surface area contributed by atoms with E-state index in [1.165, 1.54) is 4.90 Å². The van der Waals surface area contributed by atoms with Crippen LogP contribution in [-0.2, 0) is 14.4 Å². The van der Waals surface area contributed by atoms with Crippen LogP contribution in [0.3, 0.4) is 0 Å². The molecule has 5 heteroatoms. The van der Waals surface area contributed by atoms with E-state index in [1.807, 2.05) is 23.1 Å². The van der Waals surface area contributed by atoms with Gasteiger partial charge in [-0.2, -0.15) is 0 Å². The Bertz CT molecular complexity index is 545. The van der Waals surface area contributed by atoms with E-state index in [2.05, 4.69) is 0 Å². The SMILES string of the molecule is O=C1CCN([C@H]2CC(=O)N(c3ccccc3)C2=O)CC1. The summed E-state index contributed by atoms with van der Waals surface area (Å²) in [7, 11) is 0. The van der Waals surface area contributed by atoms with E-state index in [0.29, 0.717) is 31.6 Å². The number of anilines is 1. The van der Waals surface area contributed by atoms with Crippen molar-refractivity contribution in [3.05, 3.63) is 30.3 Å². The normalized spacial score (nSPS) is 24.5. The predicted molar refractivity (Wildman–Crippen MR) is 73.2 cm³/mol. The van der Waals surface area contributed by atoms with Crippen LogP contribution >= 0.6 is 0 Å². The van der Waals surface area contributed by atoms with Gasteiger partial charge in [-0.1, -0.05) is 18.2 Å². The lowest BCUT2D eigenvalue weighted by molar-refractivity contribution is -0.127. The summed E-state index contributed by atoms with van der Waals surface area (Å²) in [4.78, 5) is 39.1. The van der Waals surface area contributed by atoms with Crippen molar-refractivity contribution in [2.24, 2.45) is 0 Å². The summed E-state index contributed by atoms with van der Waals surface area (Å²) in [5.74, 6) is -0.100. The van der Waals surface area contributed by atoms with Gasteiger partial charge in [-0.15, -0.1) is 0 Å². The number of benzene rings is 1. The topological polar surface area (TPSA) is 57.7 Å². The number of amides is 2. The number of nitrogens with zero attached hydrogens (tertiary/aromatic N) is 2. The van der Waals surface area contributed by atoms with Crippen LogP contribution in [0.4, 0.5) is 5.69 Å². The molecule has 1 atom stereocenters. The van der Waals surface area contributed by atoms with Gasteiger partial charge in [0.1, 0.15) is 5.78 Å². The standard InChI is InChI=1S/C15H16N2O3/c18-12-6-8-16(9-7-12)13-10-14(19)17(15(13)20)11-4-2-1-3-5-11/h1-5,13H,6-10H2/t13-/m0/s1. The molecule has 0 N–H and O–H groups in total. The van der Waals surface area contributed by atoms with Crippen molar-refractivity contribution < 1.29 is 14.4 Å². The number of hydrogen-bond donors (Lipinski definition) is 0. The van der Waals surface area contributed by atoms with Gasteiger partial charge in [0.15, 0.2) is 0 Å². The third kappa shape index (κ3) is 2.25. The second kappa shape index (κ2) is 5.17. The Morgan fingerprint density at radius 1 is 0.950 bits per heavy atom. The van der Waals surface area contributed by atoms with E-state index in [1.54, 1.807) is 12.1 Å². The Morgan fingerprint density at radius 3 is 2.25 bits per heavy atom. The van der Waals surface area contributed by atoms with Crippen molar-refractivity contribution in [1.82, 2.24) is 4.90 Å². The number of carbonyl (C=O) groups excluding carboxylic acids is 3. The Morgan fingerprint density at radius 2 is 1.60 bits per heavy atom. The van der Waals surface area contributed by atoms with Gasteiger partial charge in [0.2, 0.25) is 5.91 Å². The van der Waals surface area contributed by atoms with Gasteiger partial charge in [0.05, 0.1) is 18.2 Å². The van der Waals surface area contributed by atoms with Crippen LogP contribution in [0.2, 0.25) is 0 Å². The maximum absolute atomic E-state index is 12.5. The highest BCUT2D eigenvalue weighted by Gasteiger charge is 2.43. The first-order valence-corrected chi connectivity index (χ1v) is 6.84. The minimum atomic E-state index is -0.407. The zero-order valence-corrected chi connectivity index (χ0v) is 11.1. The second-order valence-corrected chi connectivity index (χ2v) is 5.20. The molecule has 104 valence electrons. The molecule has 0 aromatic heterocycles. The van der Waals surface area contributed by atoms with Crippen LogP contribution in [-0.4, -0.2) is 41.6 Å². The van der Waals surface area contributed by atoms with Crippen LogP contribution in [0.1, 0.15) is 19.3 Å². The molecular formula is C15H16N2O3. The monoisotopic (exact) mass is 272 g/mol. The molecule has 0 bridgehead atoms. The fourth-order valence-electron chi connectivity index (χ4n) is 2.83. The first kappa shape index (κ1) is 13.0. The van der Waals surface area contributed by atoms with Crippen molar-refractivity contribution in [3.63, 3.8) is 0 Å². The van der Waals surface area contributed by atoms with Crippen molar-refractivity contribution in [1.29, 1.82) is 0 Å². The Labute approximate surface area is 117 Å². The summed E-state index contributed by atoms with van der Waals surface area (Å²) < 4.78 is 0. The molecule has 2 fully saturated rings. The van der Waals surface area contributed by atoms with Gasteiger partial charge in [0, 0.05) is 25.9 Å². The summed E-state index contributed by atoms with van der Waals surface area (Å²) >= 11 is 0. The number of Topliss-reactive ketones (excluding diaryl/α,β-unsaturated/α-hetero) is 1. The Balaban J connectivity index is 1.79. The summed E-state index contributed by atoms with van der Waals surface area (Å²) in [6, 6.07) is 8.58. The van der Waals surface area contributed by atoms with Crippen molar-refractivity contribution in [2.75, 3.05) is 18.0 Å². The highest BCUT2D eigenvalue weighted by Crippen LogP contribution is 2.26. The summed E-state index contributed by atoms with van der Waals surface area (Å²) in [5.41, 5.74) is 0.623. The molecular weight excluding hydrogens is 256 g/mol. The van der Waals surface area contributed by atoms with Crippen molar-refractivity contribution >= 4 is 23.3 Å². The Kier molecular flexibility index (Phi) is 3.36. The highest BCUT2D eigenvalue weighted by molar-refractivity contribution is 6.22. The van der Waals surface area contributed by atoms with Gasteiger partial charge in [-0.3, -0.25) is 19.3 Å². The molecule has 2 saturated heterocycles. The molecule has 3 rings (SSSR count). The minimum absolute atomic E-state index is 0.164. The number of hydrogen-bond acceptors (Lipinski definition) is 4. The van der Waals surface area contributed by atoms with E-state index in [-0.39, 0.29) is 24.0 Å². The van der Waals surface area contributed by atoms with Crippen molar-refractivity contribution in [3.8, 4) is 0 Å². The number of imide groups is 1. The molecule has 0 radical (unpaired) electrons. The van der Waals surface area contributed by atoms with Gasteiger partial charge in [-0.25, -0.2) is 4.90 Å². The molecule has 0 saturated carbocycles. The largest absolute Gasteiger partial charge is 0.300 e. The fraction of sp³-hybridized carbons (Fsp3) is 0.400. The number of rotatable bonds is 2. The summed E-state index contributed by atoms with van der Waals surface area (Å²) in [5, 5.41) is 0. The van der Waals surface area contributed by atoms with Gasteiger partial charge in [0.25, 0.3) is 5.91 Å². The van der Waals surface area contributed by atoms with Crippen LogP contribution in [0.15, 0.2) is 30.3 Å². The van der Waals surface area contributed by atoms with Crippen LogP contribution < -0.4 is 4.90 Å². The molecule has 5 nitrogen and oxygen atoms in total. The first-order chi connectivity index (χ1) is 9.66. The minimum Gasteiger partial charge on any atom is -0.300 e. The van der Waals surface area contributed by atoms with Gasteiger partial charge in [-0.05, 0) is 12.1 Å². The summed E-state index contributed by atoms with van der Waals surface area (Å²) in [6.45, 7) is 1.15. The third-order valence-corrected chi connectivity index (χ3v) is 3.93. The number of likely N-dealkylation sites (tertiary alicyclic amines) is 1. The fourth-order valence-corrected chi connectivity index (χ4v) is 2.83. The predicted octanol–water partition coefficient (Wildman–Crippen LogP) is 0.983. The van der Waals surface area contributed by atoms with Crippen LogP contribution in [0.5, 0.6) is 0 Å².